The number of rotatable bonds is 50. The molecule has 1 atom stereocenters. The zero-order valence-corrected chi connectivity index (χ0v) is 43.0. The molecular weight excluding hydrogens is 805 g/mol. The van der Waals surface area contributed by atoms with Gasteiger partial charge in [-0.15, -0.1) is 0 Å². The number of hydrogen-bond acceptors (Lipinski definition) is 6. The van der Waals surface area contributed by atoms with Crippen molar-refractivity contribution in [3.8, 4) is 0 Å². The van der Waals surface area contributed by atoms with Crippen LogP contribution in [0.1, 0.15) is 278 Å². The lowest BCUT2D eigenvalue weighted by Gasteiger charge is -2.18. The Morgan fingerprint density at radius 3 is 0.985 bits per heavy atom. The maximum Gasteiger partial charge on any atom is 0.306 e. The first-order chi connectivity index (χ1) is 32.0. The van der Waals surface area contributed by atoms with Crippen LogP contribution >= 0.6 is 0 Å². The van der Waals surface area contributed by atoms with Crippen LogP contribution in [0.4, 0.5) is 0 Å². The van der Waals surface area contributed by atoms with Crippen molar-refractivity contribution >= 4 is 17.9 Å². The first-order valence-corrected chi connectivity index (χ1v) is 27.8. The number of carbonyl (C=O) groups is 3. The Morgan fingerprint density at radius 1 is 0.323 bits per heavy atom. The molecule has 0 N–H and O–H groups in total. The highest BCUT2D eigenvalue weighted by Gasteiger charge is 2.19. The number of hydrogen-bond donors (Lipinski definition) is 0. The second kappa shape index (κ2) is 53.7. The van der Waals surface area contributed by atoms with Gasteiger partial charge >= 0.3 is 17.9 Å². The van der Waals surface area contributed by atoms with Gasteiger partial charge in [0.1, 0.15) is 13.2 Å². The van der Waals surface area contributed by atoms with Crippen molar-refractivity contribution in [3.63, 3.8) is 0 Å². The lowest BCUT2D eigenvalue weighted by Crippen LogP contribution is -2.30. The summed E-state index contributed by atoms with van der Waals surface area (Å²) in [5.74, 6) is -0.927. The van der Waals surface area contributed by atoms with E-state index in [1.54, 1.807) is 0 Å². The fourth-order valence-corrected chi connectivity index (χ4v) is 7.84. The number of ether oxygens (including phenoxy) is 3. The van der Waals surface area contributed by atoms with E-state index in [2.05, 4.69) is 81.5 Å². The van der Waals surface area contributed by atoms with E-state index in [0.717, 1.165) is 77.0 Å². The smallest absolute Gasteiger partial charge is 0.306 e. The lowest BCUT2D eigenvalue weighted by molar-refractivity contribution is -0.167. The van der Waals surface area contributed by atoms with Crippen LogP contribution in [0.2, 0.25) is 0 Å². The highest BCUT2D eigenvalue weighted by molar-refractivity contribution is 5.71. The SMILES string of the molecule is CC/C=C\C/C=C\C/C=C\C/C=C\CCCCC(=O)O[C@@H](COC(=O)CCCCCCCCC/C=C\CCCCCCCCCC)COC(=O)CCCCCCCCCCCCCCC. The minimum absolute atomic E-state index is 0.0900. The molecular formula is C59H104O6. The van der Waals surface area contributed by atoms with E-state index in [4.69, 9.17) is 14.2 Å². The Morgan fingerprint density at radius 2 is 0.600 bits per heavy atom. The molecule has 6 nitrogen and oxygen atoms in total. The third-order valence-electron chi connectivity index (χ3n) is 12.0. The van der Waals surface area contributed by atoms with Crippen LogP contribution < -0.4 is 0 Å². The standard InChI is InChI=1S/C59H104O6/c1-4-7-10-13-16-19-22-25-27-28-29-30-32-34-37-40-43-46-49-52-58(61)64-55-56(54-63-57(60)51-48-45-42-39-36-33-24-21-18-15-12-9-6-3)65-59(62)53-50-47-44-41-38-35-31-26-23-20-17-14-11-8-5-2/h8,11,17,20,26,28-29,31,38,41,56H,4-7,9-10,12-16,18-19,21-25,27,30,32-37,39-40,42-55H2,1-3H3/b11-8-,20-17-,29-28-,31-26-,41-38-/t56-/m1/s1. The summed E-state index contributed by atoms with van der Waals surface area (Å²) in [6.07, 6.45) is 66.4. The highest BCUT2D eigenvalue weighted by Crippen LogP contribution is 2.15. The molecule has 0 aromatic carbocycles. The van der Waals surface area contributed by atoms with Crippen LogP contribution in [-0.4, -0.2) is 37.2 Å². The van der Waals surface area contributed by atoms with Gasteiger partial charge in [0.25, 0.3) is 0 Å². The molecule has 0 saturated heterocycles. The summed E-state index contributed by atoms with van der Waals surface area (Å²) in [5, 5.41) is 0. The second-order valence-electron chi connectivity index (χ2n) is 18.5. The van der Waals surface area contributed by atoms with Gasteiger partial charge < -0.3 is 14.2 Å². The molecule has 0 aromatic rings. The maximum absolute atomic E-state index is 12.8. The topological polar surface area (TPSA) is 78.9 Å². The molecule has 0 radical (unpaired) electrons. The third-order valence-corrected chi connectivity index (χ3v) is 12.0. The van der Waals surface area contributed by atoms with E-state index in [1.807, 2.05) is 0 Å². The Kier molecular flexibility index (Phi) is 51.3. The van der Waals surface area contributed by atoms with Crippen molar-refractivity contribution < 1.29 is 28.6 Å². The fourth-order valence-electron chi connectivity index (χ4n) is 7.84. The lowest BCUT2D eigenvalue weighted by atomic mass is 10.0. The molecule has 0 saturated carbocycles. The molecule has 0 amide bonds. The first kappa shape index (κ1) is 62.1. The quantitative estimate of drug-likeness (QED) is 0.0262. The van der Waals surface area contributed by atoms with Gasteiger partial charge in [-0.3, -0.25) is 14.4 Å². The Hall–Kier alpha value is -2.89. The highest BCUT2D eigenvalue weighted by atomic mass is 16.6. The molecule has 0 heterocycles. The maximum atomic E-state index is 12.8. The number of allylic oxidation sites excluding steroid dienone is 10. The summed E-state index contributed by atoms with van der Waals surface area (Å²) < 4.78 is 16.8. The summed E-state index contributed by atoms with van der Waals surface area (Å²) in [6, 6.07) is 0. The minimum Gasteiger partial charge on any atom is -0.462 e. The van der Waals surface area contributed by atoms with Crippen LogP contribution in [0.3, 0.4) is 0 Å². The average molecular weight is 909 g/mol. The van der Waals surface area contributed by atoms with Crippen LogP contribution in [0.25, 0.3) is 0 Å². The van der Waals surface area contributed by atoms with Crippen LogP contribution in [0, 0.1) is 0 Å². The molecule has 0 aromatic heterocycles. The minimum atomic E-state index is -0.795. The van der Waals surface area contributed by atoms with Gasteiger partial charge in [0.05, 0.1) is 0 Å². The van der Waals surface area contributed by atoms with Gasteiger partial charge in [-0.25, -0.2) is 0 Å². The van der Waals surface area contributed by atoms with Gasteiger partial charge in [-0.05, 0) is 83.5 Å². The largest absolute Gasteiger partial charge is 0.462 e. The number of esters is 3. The first-order valence-electron chi connectivity index (χ1n) is 27.8. The van der Waals surface area contributed by atoms with Gasteiger partial charge in [-0.2, -0.15) is 0 Å². The van der Waals surface area contributed by atoms with Crippen molar-refractivity contribution in [2.45, 2.75) is 284 Å². The Labute approximate surface area is 402 Å². The summed E-state index contributed by atoms with van der Waals surface area (Å²) in [4.78, 5) is 38.1. The Bertz CT molecular complexity index is 1180. The molecule has 0 spiro atoms. The van der Waals surface area contributed by atoms with E-state index in [9.17, 15) is 14.4 Å². The van der Waals surface area contributed by atoms with Gasteiger partial charge in [0, 0.05) is 19.3 Å². The van der Waals surface area contributed by atoms with E-state index in [-0.39, 0.29) is 37.5 Å². The molecule has 0 aliphatic carbocycles. The Balaban J connectivity index is 4.40. The molecule has 0 bridgehead atoms. The molecule has 0 unspecified atom stereocenters. The van der Waals surface area contributed by atoms with Gasteiger partial charge in [0.2, 0.25) is 0 Å². The summed E-state index contributed by atoms with van der Waals surface area (Å²) in [5.41, 5.74) is 0. The van der Waals surface area contributed by atoms with Crippen molar-refractivity contribution in [2.24, 2.45) is 0 Å². The zero-order chi connectivity index (χ0) is 47.2. The van der Waals surface area contributed by atoms with Gasteiger partial charge in [0.15, 0.2) is 6.10 Å². The molecule has 0 rings (SSSR count). The van der Waals surface area contributed by atoms with Crippen molar-refractivity contribution in [3.05, 3.63) is 60.8 Å². The molecule has 0 aliphatic heterocycles. The van der Waals surface area contributed by atoms with Crippen LogP contribution in [-0.2, 0) is 28.6 Å². The molecule has 0 aliphatic rings. The third kappa shape index (κ3) is 51.9. The van der Waals surface area contributed by atoms with E-state index in [0.29, 0.717) is 19.3 Å². The molecule has 376 valence electrons. The predicted molar refractivity (Wildman–Crippen MR) is 279 cm³/mol. The van der Waals surface area contributed by atoms with Crippen molar-refractivity contribution in [2.75, 3.05) is 13.2 Å². The van der Waals surface area contributed by atoms with Gasteiger partial charge in [-0.1, -0.05) is 236 Å². The fraction of sp³-hybridized carbons (Fsp3) is 0.780. The van der Waals surface area contributed by atoms with E-state index >= 15 is 0 Å². The predicted octanol–water partition coefficient (Wildman–Crippen LogP) is 18.4. The summed E-state index contributed by atoms with van der Waals surface area (Å²) in [6.45, 7) is 6.51. The summed E-state index contributed by atoms with van der Waals surface area (Å²) in [7, 11) is 0. The van der Waals surface area contributed by atoms with Crippen LogP contribution in [0.15, 0.2) is 60.8 Å². The number of carbonyl (C=O) groups excluding carboxylic acids is 3. The normalized spacial score (nSPS) is 12.5. The monoisotopic (exact) mass is 909 g/mol. The number of unbranched alkanes of at least 4 members (excludes halogenated alkanes) is 29. The summed E-state index contributed by atoms with van der Waals surface area (Å²) >= 11 is 0. The van der Waals surface area contributed by atoms with Crippen molar-refractivity contribution in [1.29, 1.82) is 0 Å². The second-order valence-corrected chi connectivity index (χ2v) is 18.5. The molecule has 65 heavy (non-hydrogen) atoms. The molecule has 6 heteroatoms. The van der Waals surface area contributed by atoms with Crippen LogP contribution in [0.5, 0.6) is 0 Å². The molecule has 0 fully saturated rings. The van der Waals surface area contributed by atoms with E-state index in [1.165, 1.54) is 154 Å². The van der Waals surface area contributed by atoms with Crippen molar-refractivity contribution in [1.82, 2.24) is 0 Å². The zero-order valence-electron chi connectivity index (χ0n) is 43.0. The average Bonchev–Trinajstić information content (AvgIpc) is 3.30. The van der Waals surface area contributed by atoms with E-state index < -0.39 is 6.10 Å².